The highest BCUT2D eigenvalue weighted by Gasteiger charge is 2.34. The summed E-state index contributed by atoms with van der Waals surface area (Å²) in [4.78, 5) is 29.1. The molecule has 7 heteroatoms. The number of carbonyl (C=O) groups is 2. The first-order valence-electron chi connectivity index (χ1n) is 7.04. The van der Waals surface area contributed by atoms with E-state index in [4.69, 9.17) is 5.11 Å². The van der Waals surface area contributed by atoms with Gasteiger partial charge in [-0.1, -0.05) is 18.2 Å². The quantitative estimate of drug-likeness (QED) is 0.907. The summed E-state index contributed by atoms with van der Waals surface area (Å²) in [7, 11) is 0. The molecule has 1 aromatic carbocycles. The van der Waals surface area contributed by atoms with Crippen molar-refractivity contribution in [3.05, 3.63) is 59.5 Å². The van der Waals surface area contributed by atoms with Crippen LogP contribution in [0.25, 0.3) is 0 Å². The third-order valence-corrected chi connectivity index (χ3v) is 3.66. The molecule has 0 aliphatic carbocycles. The molecule has 1 unspecified atom stereocenters. The van der Waals surface area contributed by atoms with Crippen LogP contribution in [0.5, 0.6) is 0 Å². The topological polar surface area (TPSA) is 82.5 Å². The first kappa shape index (κ1) is 15.0. The van der Waals surface area contributed by atoms with Crippen molar-refractivity contribution >= 4 is 17.8 Å². The number of hydrogen-bond acceptors (Lipinski definition) is 3. The third-order valence-electron chi connectivity index (χ3n) is 3.66. The number of pyridine rings is 1. The van der Waals surface area contributed by atoms with Crippen LogP contribution in [-0.4, -0.2) is 28.1 Å². The molecule has 118 valence electrons. The van der Waals surface area contributed by atoms with E-state index in [1.165, 1.54) is 17.0 Å². The second-order valence-electron chi connectivity index (χ2n) is 5.24. The van der Waals surface area contributed by atoms with E-state index in [2.05, 4.69) is 10.3 Å². The number of amides is 2. The molecule has 1 aliphatic heterocycles. The van der Waals surface area contributed by atoms with Gasteiger partial charge in [0, 0.05) is 12.6 Å². The first-order valence-corrected chi connectivity index (χ1v) is 7.04. The molecule has 0 saturated heterocycles. The summed E-state index contributed by atoms with van der Waals surface area (Å²) in [6.07, 6.45) is 0.584. The Bertz CT molecular complexity index is 748. The van der Waals surface area contributed by atoms with Gasteiger partial charge in [0.1, 0.15) is 17.7 Å². The van der Waals surface area contributed by atoms with Gasteiger partial charge in [-0.2, -0.15) is 0 Å². The van der Waals surface area contributed by atoms with E-state index in [0.717, 1.165) is 11.1 Å². The smallest absolute Gasteiger partial charge is 0.405 e. The first-order chi connectivity index (χ1) is 11.0. The molecule has 0 radical (unpaired) electrons. The van der Waals surface area contributed by atoms with Gasteiger partial charge in [0.15, 0.2) is 0 Å². The summed E-state index contributed by atoms with van der Waals surface area (Å²) in [5.74, 6) is -0.226. The highest BCUT2D eigenvalue weighted by molar-refractivity contribution is 6.00. The van der Waals surface area contributed by atoms with E-state index in [1.54, 1.807) is 24.4 Å². The van der Waals surface area contributed by atoms with Crippen LogP contribution in [0, 0.1) is 5.82 Å². The molecular formula is C16H14FN3O3. The Labute approximate surface area is 131 Å². The monoisotopic (exact) mass is 315 g/mol. The molecule has 0 spiro atoms. The number of carboxylic acid groups (broad SMARTS) is 1. The number of rotatable bonds is 3. The van der Waals surface area contributed by atoms with Gasteiger partial charge in [0.05, 0.1) is 6.54 Å². The Morgan fingerprint density at radius 2 is 2.09 bits per heavy atom. The molecule has 23 heavy (non-hydrogen) atoms. The van der Waals surface area contributed by atoms with E-state index in [0.29, 0.717) is 5.82 Å². The zero-order valence-electron chi connectivity index (χ0n) is 12.1. The van der Waals surface area contributed by atoms with Crippen molar-refractivity contribution in [1.29, 1.82) is 0 Å². The highest BCUT2D eigenvalue weighted by atomic mass is 19.1. The van der Waals surface area contributed by atoms with E-state index in [-0.39, 0.29) is 24.7 Å². The average Bonchev–Trinajstić information content (AvgIpc) is 2.53. The third kappa shape index (κ3) is 3.13. The molecule has 3 rings (SSSR count). The number of carbonyl (C=O) groups excluding carboxylic acids is 1. The van der Waals surface area contributed by atoms with Crippen LogP contribution in [0.15, 0.2) is 42.6 Å². The standard InChI is InChI=1S/C16H14FN3O3/c17-12-5-3-10(4-6-12)9-20-14-11(2-1-7-18-14)8-13(15(20)21)19-16(22)23/h1-7,13,19H,8-9H2,(H,22,23). The maximum Gasteiger partial charge on any atom is 0.405 e. The second-order valence-corrected chi connectivity index (χ2v) is 5.24. The van der Waals surface area contributed by atoms with Crippen molar-refractivity contribution in [2.45, 2.75) is 19.0 Å². The zero-order valence-corrected chi connectivity index (χ0v) is 12.1. The number of nitrogens with zero attached hydrogens (tertiary/aromatic N) is 2. The predicted octanol–water partition coefficient (Wildman–Crippen LogP) is 1.95. The van der Waals surface area contributed by atoms with E-state index in [1.807, 2.05) is 6.07 Å². The maximum absolute atomic E-state index is 13.0. The van der Waals surface area contributed by atoms with Gasteiger partial charge in [-0.15, -0.1) is 0 Å². The number of nitrogens with one attached hydrogen (secondary N) is 1. The Kier molecular flexibility index (Phi) is 3.92. The Morgan fingerprint density at radius 1 is 1.35 bits per heavy atom. The minimum atomic E-state index is -1.25. The summed E-state index contributed by atoms with van der Waals surface area (Å²) < 4.78 is 13.0. The molecule has 1 aromatic heterocycles. The summed E-state index contributed by atoms with van der Waals surface area (Å²) in [5, 5.41) is 11.1. The van der Waals surface area contributed by atoms with Gasteiger partial charge in [-0.05, 0) is 29.3 Å². The highest BCUT2D eigenvalue weighted by Crippen LogP contribution is 2.27. The molecule has 0 saturated carbocycles. The molecule has 2 amide bonds. The molecule has 2 N–H and O–H groups in total. The van der Waals surface area contributed by atoms with Crippen LogP contribution < -0.4 is 10.2 Å². The minimum absolute atomic E-state index is 0.195. The summed E-state index contributed by atoms with van der Waals surface area (Å²) >= 11 is 0. The van der Waals surface area contributed by atoms with Gasteiger partial charge in [0.2, 0.25) is 0 Å². The van der Waals surface area contributed by atoms with Crippen LogP contribution in [0.4, 0.5) is 15.0 Å². The lowest BCUT2D eigenvalue weighted by molar-refractivity contribution is -0.121. The van der Waals surface area contributed by atoms with Crippen LogP contribution in [-0.2, 0) is 17.8 Å². The van der Waals surface area contributed by atoms with Crippen LogP contribution in [0.3, 0.4) is 0 Å². The number of aromatic nitrogens is 1. The molecule has 0 bridgehead atoms. The van der Waals surface area contributed by atoms with Gasteiger partial charge >= 0.3 is 6.09 Å². The second kappa shape index (κ2) is 6.04. The van der Waals surface area contributed by atoms with Crippen molar-refractivity contribution in [1.82, 2.24) is 10.3 Å². The Balaban J connectivity index is 1.93. The lowest BCUT2D eigenvalue weighted by atomic mass is 9.99. The van der Waals surface area contributed by atoms with Gasteiger partial charge in [-0.3, -0.25) is 9.69 Å². The van der Waals surface area contributed by atoms with Crippen molar-refractivity contribution in [2.24, 2.45) is 0 Å². The van der Waals surface area contributed by atoms with Crippen molar-refractivity contribution in [2.75, 3.05) is 4.90 Å². The predicted molar refractivity (Wildman–Crippen MR) is 80.5 cm³/mol. The fourth-order valence-corrected chi connectivity index (χ4v) is 2.62. The van der Waals surface area contributed by atoms with Crippen LogP contribution in [0.2, 0.25) is 0 Å². The fourth-order valence-electron chi connectivity index (χ4n) is 2.62. The summed E-state index contributed by atoms with van der Waals surface area (Å²) in [6.45, 7) is 0.195. The molecule has 6 nitrogen and oxygen atoms in total. The maximum atomic E-state index is 13.0. The van der Waals surface area contributed by atoms with Crippen LogP contribution >= 0.6 is 0 Å². The molecule has 1 atom stereocenters. The summed E-state index contributed by atoms with van der Waals surface area (Å²) in [6, 6.07) is 8.49. The molecule has 1 aliphatic rings. The van der Waals surface area contributed by atoms with Crippen molar-refractivity contribution < 1.29 is 19.1 Å². The zero-order chi connectivity index (χ0) is 16.4. The van der Waals surface area contributed by atoms with Crippen molar-refractivity contribution in [3.63, 3.8) is 0 Å². The van der Waals surface area contributed by atoms with Gasteiger partial charge in [0.25, 0.3) is 5.91 Å². The van der Waals surface area contributed by atoms with Gasteiger partial charge < -0.3 is 10.4 Å². The minimum Gasteiger partial charge on any atom is -0.465 e. The van der Waals surface area contributed by atoms with E-state index in [9.17, 15) is 14.0 Å². The number of benzene rings is 1. The van der Waals surface area contributed by atoms with Crippen LogP contribution in [0.1, 0.15) is 11.1 Å². The lowest BCUT2D eigenvalue weighted by Crippen LogP contribution is -2.52. The summed E-state index contributed by atoms with van der Waals surface area (Å²) in [5.41, 5.74) is 1.51. The SMILES string of the molecule is O=C(O)NC1Cc2cccnc2N(Cc2ccc(F)cc2)C1=O. The fraction of sp³-hybridized carbons (Fsp3) is 0.188. The van der Waals surface area contributed by atoms with E-state index < -0.39 is 12.1 Å². The number of fused-ring (bicyclic) bond motifs is 1. The van der Waals surface area contributed by atoms with Gasteiger partial charge in [-0.25, -0.2) is 14.2 Å². The molecule has 2 heterocycles. The van der Waals surface area contributed by atoms with E-state index >= 15 is 0 Å². The Hall–Kier alpha value is -2.96. The largest absolute Gasteiger partial charge is 0.465 e. The molecular weight excluding hydrogens is 301 g/mol. The number of hydrogen-bond donors (Lipinski definition) is 2. The normalized spacial score (nSPS) is 16.8. The number of anilines is 1. The molecule has 2 aromatic rings. The lowest BCUT2D eigenvalue weighted by Gasteiger charge is -2.33. The Morgan fingerprint density at radius 3 is 2.78 bits per heavy atom. The number of halogens is 1. The van der Waals surface area contributed by atoms with Crippen molar-refractivity contribution in [3.8, 4) is 0 Å². The average molecular weight is 315 g/mol. The molecule has 0 fully saturated rings.